The van der Waals surface area contributed by atoms with Crippen LogP contribution in [0.25, 0.3) is 0 Å². The lowest BCUT2D eigenvalue weighted by molar-refractivity contribution is 0.523. The summed E-state index contributed by atoms with van der Waals surface area (Å²) in [5.41, 5.74) is 3.34. The van der Waals surface area contributed by atoms with E-state index in [2.05, 4.69) is 16.4 Å². The SMILES string of the molecule is CNC(c1ccc(C)nc1)c1ccoc1C. The molecule has 0 aliphatic carbocycles. The molecule has 0 amide bonds. The van der Waals surface area contributed by atoms with Gasteiger partial charge in [-0.1, -0.05) is 6.07 Å². The van der Waals surface area contributed by atoms with Gasteiger partial charge in [-0.3, -0.25) is 4.98 Å². The van der Waals surface area contributed by atoms with Crippen molar-refractivity contribution in [3.63, 3.8) is 0 Å². The van der Waals surface area contributed by atoms with Crippen LogP contribution in [0.1, 0.15) is 28.6 Å². The van der Waals surface area contributed by atoms with Crippen molar-refractivity contribution in [2.45, 2.75) is 19.9 Å². The number of hydrogen-bond donors (Lipinski definition) is 1. The maximum absolute atomic E-state index is 5.33. The van der Waals surface area contributed by atoms with Gasteiger partial charge in [-0.15, -0.1) is 0 Å². The highest BCUT2D eigenvalue weighted by atomic mass is 16.3. The van der Waals surface area contributed by atoms with Crippen LogP contribution in [0.4, 0.5) is 0 Å². The number of pyridine rings is 1. The summed E-state index contributed by atoms with van der Waals surface area (Å²) in [4.78, 5) is 4.32. The molecule has 2 aromatic rings. The monoisotopic (exact) mass is 216 g/mol. The van der Waals surface area contributed by atoms with Gasteiger partial charge in [-0.25, -0.2) is 0 Å². The van der Waals surface area contributed by atoms with Crippen LogP contribution in [0.3, 0.4) is 0 Å². The van der Waals surface area contributed by atoms with Crippen LogP contribution < -0.4 is 5.32 Å². The molecule has 1 unspecified atom stereocenters. The standard InChI is InChI=1S/C13H16N2O/c1-9-4-5-11(8-15-9)13(14-3)12-6-7-16-10(12)2/h4-8,13-14H,1-3H3. The van der Waals surface area contributed by atoms with Crippen LogP contribution in [0.15, 0.2) is 35.1 Å². The van der Waals surface area contributed by atoms with Crippen LogP contribution >= 0.6 is 0 Å². The van der Waals surface area contributed by atoms with Crippen molar-refractivity contribution < 1.29 is 4.42 Å². The molecule has 3 nitrogen and oxygen atoms in total. The molecule has 16 heavy (non-hydrogen) atoms. The van der Waals surface area contributed by atoms with Crippen molar-refractivity contribution in [1.29, 1.82) is 0 Å². The first-order valence-corrected chi connectivity index (χ1v) is 5.36. The Kier molecular flexibility index (Phi) is 3.06. The average molecular weight is 216 g/mol. The van der Waals surface area contributed by atoms with Crippen LogP contribution in [-0.2, 0) is 0 Å². The molecule has 84 valence electrons. The Balaban J connectivity index is 2.37. The van der Waals surface area contributed by atoms with Gasteiger partial charge in [0.05, 0.1) is 12.3 Å². The summed E-state index contributed by atoms with van der Waals surface area (Å²) in [7, 11) is 1.94. The highest BCUT2D eigenvalue weighted by Crippen LogP contribution is 2.24. The molecule has 0 radical (unpaired) electrons. The number of aryl methyl sites for hydroxylation is 2. The van der Waals surface area contributed by atoms with Crippen LogP contribution in [0.2, 0.25) is 0 Å². The highest BCUT2D eigenvalue weighted by Gasteiger charge is 2.15. The first-order chi connectivity index (χ1) is 7.72. The van der Waals surface area contributed by atoms with E-state index in [1.54, 1.807) is 6.26 Å². The normalized spacial score (nSPS) is 12.7. The van der Waals surface area contributed by atoms with Gasteiger partial charge in [0.1, 0.15) is 5.76 Å². The molecule has 0 bridgehead atoms. The van der Waals surface area contributed by atoms with Gasteiger partial charge in [0.25, 0.3) is 0 Å². The zero-order chi connectivity index (χ0) is 11.5. The van der Waals surface area contributed by atoms with Gasteiger partial charge in [-0.2, -0.15) is 0 Å². The predicted octanol–water partition coefficient (Wildman–Crippen LogP) is 2.60. The smallest absolute Gasteiger partial charge is 0.105 e. The fourth-order valence-electron chi connectivity index (χ4n) is 1.85. The molecule has 1 N–H and O–H groups in total. The van der Waals surface area contributed by atoms with Gasteiger partial charge in [0, 0.05) is 17.5 Å². The zero-order valence-corrected chi connectivity index (χ0v) is 9.82. The summed E-state index contributed by atoms with van der Waals surface area (Å²) in [5, 5.41) is 3.28. The third kappa shape index (κ3) is 1.99. The summed E-state index contributed by atoms with van der Waals surface area (Å²) in [5.74, 6) is 0.944. The minimum atomic E-state index is 0.145. The molecule has 0 spiro atoms. The second-order valence-corrected chi connectivity index (χ2v) is 3.89. The van der Waals surface area contributed by atoms with Gasteiger partial charge < -0.3 is 9.73 Å². The Morgan fingerprint density at radius 1 is 1.25 bits per heavy atom. The molecule has 0 aromatic carbocycles. The average Bonchev–Trinajstić information content (AvgIpc) is 2.69. The van der Waals surface area contributed by atoms with Gasteiger partial charge in [0.2, 0.25) is 0 Å². The fourth-order valence-corrected chi connectivity index (χ4v) is 1.85. The molecule has 0 aliphatic rings. The third-order valence-corrected chi connectivity index (χ3v) is 2.77. The number of furan rings is 1. The molecular formula is C13H16N2O. The van der Waals surface area contributed by atoms with Crippen LogP contribution in [-0.4, -0.2) is 12.0 Å². The lowest BCUT2D eigenvalue weighted by Crippen LogP contribution is -2.18. The topological polar surface area (TPSA) is 38.1 Å². The minimum absolute atomic E-state index is 0.145. The lowest BCUT2D eigenvalue weighted by atomic mass is 10.0. The summed E-state index contributed by atoms with van der Waals surface area (Å²) in [6, 6.07) is 6.26. The Morgan fingerprint density at radius 2 is 2.06 bits per heavy atom. The zero-order valence-electron chi connectivity index (χ0n) is 9.82. The van der Waals surface area contributed by atoms with E-state index in [1.807, 2.05) is 39.2 Å². The van der Waals surface area contributed by atoms with E-state index < -0.39 is 0 Å². The Hall–Kier alpha value is -1.61. The molecule has 0 aliphatic heterocycles. The number of nitrogens with one attached hydrogen (secondary N) is 1. The van der Waals surface area contributed by atoms with E-state index >= 15 is 0 Å². The Labute approximate surface area is 95.5 Å². The number of aromatic nitrogens is 1. The van der Waals surface area contributed by atoms with Crippen molar-refractivity contribution in [1.82, 2.24) is 10.3 Å². The number of rotatable bonds is 3. The highest BCUT2D eigenvalue weighted by molar-refractivity contribution is 5.31. The Morgan fingerprint density at radius 3 is 2.56 bits per heavy atom. The van der Waals surface area contributed by atoms with Gasteiger partial charge in [0.15, 0.2) is 0 Å². The molecule has 2 aromatic heterocycles. The number of hydrogen-bond acceptors (Lipinski definition) is 3. The molecule has 2 rings (SSSR count). The van der Waals surface area contributed by atoms with E-state index in [4.69, 9.17) is 4.42 Å². The third-order valence-electron chi connectivity index (χ3n) is 2.77. The van der Waals surface area contributed by atoms with Crippen LogP contribution in [0.5, 0.6) is 0 Å². The molecule has 1 atom stereocenters. The maximum Gasteiger partial charge on any atom is 0.105 e. The second kappa shape index (κ2) is 4.49. The number of nitrogens with zero attached hydrogens (tertiary/aromatic N) is 1. The van der Waals surface area contributed by atoms with E-state index in [0.717, 1.165) is 22.6 Å². The Bertz CT molecular complexity index is 459. The van der Waals surface area contributed by atoms with Crippen LogP contribution in [0, 0.1) is 13.8 Å². The lowest BCUT2D eigenvalue weighted by Gasteiger charge is -2.15. The molecule has 0 saturated carbocycles. The predicted molar refractivity (Wildman–Crippen MR) is 63.3 cm³/mol. The summed E-state index contributed by atoms with van der Waals surface area (Å²) in [6.07, 6.45) is 3.62. The molecule has 3 heteroatoms. The molecule has 0 saturated heterocycles. The van der Waals surface area contributed by atoms with E-state index in [0.29, 0.717) is 0 Å². The quantitative estimate of drug-likeness (QED) is 0.857. The summed E-state index contributed by atoms with van der Waals surface area (Å²) >= 11 is 0. The molecule has 2 heterocycles. The van der Waals surface area contributed by atoms with E-state index in [1.165, 1.54) is 0 Å². The van der Waals surface area contributed by atoms with E-state index in [-0.39, 0.29) is 6.04 Å². The van der Waals surface area contributed by atoms with Gasteiger partial charge in [-0.05, 0) is 38.6 Å². The van der Waals surface area contributed by atoms with Crippen molar-refractivity contribution in [2.75, 3.05) is 7.05 Å². The summed E-state index contributed by atoms with van der Waals surface area (Å²) in [6.45, 7) is 3.96. The largest absolute Gasteiger partial charge is 0.469 e. The first kappa shape index (κ1) is 10.9. The minimum Gasteiger partial charge on any atom is -0.469 e. The molecular weight excluding hydrogens is 200 g/mol. The van der Waals surface area contributed by atoms with E-state index in [9.17, 15) is 0 Å². The molecule has 0 fully saturated rings. The fraction of sp³-hybridized carbons (Fsp3) is 0.308. The van der Waals surface area contributed by atoms with Crippen molar-refractivity contribution >= 4 is 0 Å². The first-order valence-electron chi connectivity index (χ1n) is 5.36. The van der Waals surface area contributed by atoms with Crippen molar-refractivity contribution in [2.24, 2.45) is 0 Å². The van der Waals surface area contributed by atoms with Gasteiger partial charge >= 0.3 is 0 Å². The maximum atomic E-state index is 5.33. The summed E-state index contributed by atoms with van der Waals surface area (Å²) < 4.78 is 5.33. The van der Waals surface area contributed by atoms with Crippen molar-refractivity contribution in [3.05, 3.63) is 53.2 Å². The van der Waals surface area contributed by atoms with Crippen molar-refractivity contribution in [3.8, 4) is 0 Å². The second-order valence-electron chi connectivity index (χ2n) is 3.89.